The number of carbonyl (C=O) groups excluding carboxylic acids is 1. The number of ether oxygens (including phenoxy) is 1. The first-order chi connectivity index (χ1) is 14.8. The number of anilines is 1. The Bertz CT molecular complexity index is 1130. The molecule has 162 valence electrons. The van der Waals surface area contributed by atoms with E-state index in [-0.39, 0.29) is 5.78 Å². The Morgan fingerprint density at radius 2 is 1.97 bits per heavy atom. The molecule has 31 heavy (non-hydrogen) atoms. The predicted molar refractivity (Wildman–Crippen MR) is 127 cm³/mol. The highest BCUT2D eigenvalue weighted by Gasteiger charge is 2.32. The second kappa shape index (κ2) is 8.33. The number of Topliss-reactive ketones (excluding diaryl/α,β-unsaturated/α-hetero) is 1. The Balaban J connectivity index is 1.50. The van der Waals surface area contributed by atoms with Crippen LogP contribution in [0.4, 0.5) is 5.69 Å². The molecule has 0 saturated heterocycles. The molecule has 4 rings (SSSR count). The Kier molecular flexibility index (Phi) is 5.74. The summed E-state index contributed by atoms with van der Waals surface area (Å²) >= 11 is 0. The highest BCUT2D eigenvalue weighted by molar-refractivity contribution is 5.95. The lowest BCUT2D eigenvalue weighted by Crippen LogP contribution is -2.32. The third kappa shape index (κ3) is 4.30. The molecule has 0 amide bonds. The van der Waals surface area contributed by atoms with E-state index < -0.39 is 5.41 Å². The molecule has 1 aliphatic rings. The van der Waals surface area contributed by atoms with E-state index in [2.05, 4.69) is 30.1 Å². The van der Waals surface area contributed by atoms with E-state index in [1.807, 2.05) is 45.0 Å². The van der Waals surface area contributed by atoms with Crippen molar-refractivity contribution < 1.29 is 9.53 Å². The van der Waals surface area contributed by atoms with Crippen molar-refractivity contribution in [1.82, 2.24) is 4.98 Å². The van der Waals surface area contributed by atoms with Crippen molar-refractivity contribution in [3.63, 3.8) is 0 Å². The van der Waals surface area contributed by atoms with Crippen LogP contribution in [0.25, 0.3) is 10.9 Å². The molecule has 0 saturated carbocycles. The number of nitrogens with two attached hydrogens (primary N) is 1. The van der Waals surface area contributed by atoms with E-state index in [4.69, 9.17) is 10.5 Å². The van der Waals surface area contributed by atoms with Gasteiger partial charge < -0.3 is 10.5 Å². The van der Waals surface area contributed by atoms with Crippen molar-refractivity contribution in [3.8, 4) is 5.75 Å². The zero-order valence-electron chi connectivity index (χ0n) is 19.0. The number of hydrogen-bond acceptors (Lipinski definition) is 4. The molecular weight excluding hydrogens is 384 g/mol. The van der Waals surface area contributed by atoms with E-state index >= 15 is 0 Å². The van der Waals surface area contributed by atoms with Gasteiger partial charge in [0.2, 0.25) is 0 Å². The van der Waals surface area contributed by atoms with Crippen LogP contribution in [0.1, 0.15) is 61.4 Å². The van der Waals surface area contributed by atoms with Crippen molar-refractivity contribution in [2.45, 2.75) is 59.3 Å². The summed E-state index contributed by atoms with van der Waals surface area (Å²) in [5, 5.41) is 0.813. The predicted octanol–water partition coefficient (Wildman–Crippen LogP) is 5.92. The fourth-order valence-corrected chi connectivity index (χ4v) is 4.72. The first kappa shape index (κ1) is 21.4. The fraction of sp³-hybridized carbons (Fsp3) is 0.407. The molecule has 1 aliphatic carbocycles. The van der Waals surface area contributed by atoms with Crippen LogP contribution in [0.3, 0.4) is 0 Å². The molecule has 1 atom stereocenters. The standard InChI is InChI=1S/C27H32N2O2/c1-17-8-5-11-21-19(9-6-10-20(17)21)15-25(30)27(3,4)16-31-24-13-7-12-23-26(24)22(28)14-18(2)29-23/h5,7-8,11-14,19H,6,9-10,15-16H2,1-4H3,(H2,28,29). The number of rotatable bonds is 6. The molecule has 0 fully saturated rings. The van der Waals surface area contributed by atoms with Gasteiger partial charge in [-0.2, -0.15) is 0 Å². The summed E-state index contributed by atoms with van der Waals surface area (Å²) in [4.78, 5) is 17.9. The lowest BCUT2D eigenvalue weighted by atomic mass is 9.75. The Labute approximate surface area is 184 Å². The van der Waals surface area contributed by atoms with Gasteiger partial charge in [0.15, 0.2) is 0 Å². The first-order valence-electron chi connectivity index (χ1n) is 11.2. The summed E-state index contributed by atoms with van der Waals surface area (Å²) < 4.78 is 6.16. The van der Waals surface area contributed by atoms with Crippen molar-refractivity contribution in [2.24, 2.45) is 5.41 Å². The van der Waals surface area contributed by atoms with Gasteiger partial charge in [0, 0.05) is 17.8 Å². The molecule has 4 nitrogen and oxygen atoms in total. The second-order valence-corrected chi connectivity index (χ2v) is 9.53. The van der Waals surface area contributed by atoms with E-state index in [0.29, 0.717) is 30.4 Å². The number of hydrogen-bond donors (Lipinski definition) is 1. The minimum atomic E-state index is -0.587. The lowest BCUT2D eigenvalue weighted by molar-refractivity contribution is -0.129. The average molecular weight is 417 g/mol. The number of nitrogen functional groups attached to an aromatic ring is 1. The monoisotopic (exact) mass is 416 g/mol. The Morgan fingerprint density at radius 1 is 1.19 bits per heavy atom. The number of aryl methyl sites for hydroxylation is 2. The van der Waals surface area contributed by atoms with Gasteiger partial charge in [-0.1, -0.05) is 24.3 Å². The molecule has 1 heterocycles. The van der Waals surface area contributed by atoms with Crippen molar-refractivity contribution >= 4 is 22.4 Å². The van der Waals surface area contributed by atoms with E-state index in [9.17, 15) is 4.79 Å². The molecular formula is C27H32N2O2. The van der Waals surface area contributed by atoms with Crippen LogP contribution in [0.5, 0.6) is 5.75 Å². The van der Waals surface area contributed by atoms with Crippen molar-refractivity contribution in [3.05, 3.63) is 64.8 Å². The molecule has 4 heteroatoms. The maximum atomic E-state index is 13.3. The number of ketones is 1. The van der Waals surface area contributed by atoms with E-state index in [1.165, 1.54) is 16.7 Å². The second-order valence-electron chi connectivity index (χ2n) is 9.53. The van der Waals surface area contributed by atoms with Crippen molar-refractivity contribution in [2.75, 3.05) is 12.3 Å². The quantitative estimate of drug-likeness (QED) is 0.542. The summed E-state index contributed by atoms with van der Waals surface area (Å²) in [5.41, 5.74) is 12.1. The smallest absolute Gasteiger partial charge is 0.142 e. The molecule has 1 unspecified atom stereocenters. The lowest BCUT2D eigenvalue weighted by Gasteiger charge is -2.30. The molecule has 0 spiro atoms. The number of pyridine rings is 1. The maximum Gasteiger partial charge on any atom is 0.142 e. The fourth-order valence-electron chi connectivity index (χ4n) is 4.72. The first-order valence-corrected chi connectivity index (χ1v) is 11.2. The average Bonchev–Trinajstić information content (AvgIpc) is 2.72. The van der Waals surface area contributed by atoms with Crippen LogP contribution in [0.2, 0.25) is 0 Å². The largest absolute Gasteiger partial charge is 0.492 e. The van der Waals surface area contributed by atoms with Gasteiger partial charge in [-0.05, 0) is 87.8 Å². The van der Waals surface area contributed by atoms with Crippen LogP contribution < -0.4 is 10.5 Å². The molecule has 2 N–H and O–H groups in total. The zero-order valence-corrected chi connectivity index (χ0v) is 19.0. The highest BCUT2D eigenvalue weighted by Crippen LogP contribution is 2.38. The third-order valence-electron chi connectivity index (χ3n) is 6.59. The van der Waals surface area contributed by atoms with Gasteiger partial charge in [0.25, 0.3) is 0 Å². The normalized spacial score (nSPS) is 16.2. The number of nitrogens with zero attached hydrogens (tertiary/aromatic N) is 1. The highest BCUT2D eigenvalue weighted by atomic mass is 16.5. The number of fused-ring (bicyclic) bond motifs is 2. The van der Waals surface area contributed by atoms with Gasteiger partial charge in [-0.15, -0.1) is 0 Å². The Hall–Kier alpha value is -2.88. The number of carbonyl (C=O) groups is 1. The van der Waals surface area contributed by atoms with Crippen molar-refractivity contribution in [1.29, 1.82) is 0 Å². The van der Waals surface area contributed by atoms with Crippen LogP contribution >= 0.6 is 0 Å². The molecule has 0 aliphatic heterocycles. The SMILES string of the molecule is Cc1cc(N)c2c(OCC(C)(C)C(=O)CC3CCCc4c(C)cccc43)cccc2n1. The third-order valence-corrected chi connectivity index (χ3v) is 6.59. The molecule has 0 bridgehead atoms. The zero-order chi connectivity index (χ0) is 22.2. The topological polar surface area (TPSA) is 65.2 Å². The Morgan fingerprint density at radius 3 is 2.77 bits per heavy atom. The van der Waals surface area contributed by atoms with Gasteiger partial charge in [-0.3, -0.25) is 9.78 Å². The summed E-state index contributed by atoms with van der Waals surface area (Å²) in [6.07, 6.45) is 3.90. The molecule has 1 aromatic heterocycles. The van der Waals surface area contributed by atoms with Crippen LogP contribution in [-0.2, 0) is 11.2 Å². The van der Waals surface area contributed by atoms with Gasteiger partial charge in [-0.25, -0.2) is 0 Å². The summed E-state index contributed by atoms with van der Waals surface area (Å²) in [6.45, 7) is 8.37. The van der Waals surface area contributed by atoms with E-state index in [0.717, 1.165) is 35.9 Å². The van der Waals surface area contributed by atoms with Crippen LogP contribution in [0, 0.1) is 19.3 Å². The van der Waals surface area contributed by atoms with Gasteiger partial charge >= 0.3 is 0 Å². The van der Waals surface area contributed by atoms with Crippen LogP contribution in [-0.4, -0.2) is 17.4 Å². The maximum absolute atomic E-state index is 13.3. The van der Waals surface area contributed by atoms with E-state index in [1.54, 1.807) is 0 Å². The van der Waals surface area contributed by atoms with Crippen LogP contribution in [0.15, 0.2) is 42.5 Å². The van der Waals surface area contributed by atoms with Gasteiger partial charge in [0.1, 0.15) is 18.1 Å². The molecule has 2 aromatic carbocycles. The minimum Gasteiger partial charge on any atom is -0.492 e. The number of benzene rings is 2. The van der Waals surface area contributed by atoms with Gasteiger partial charge in [0.05, 0.1) is 16.3 Å². The minimum absolute atomic E-state index is 0.244. The number of aromatic nitrogens is 1. The molecule has 3 aromatic rings. The summed E-state index contributed by atoms with van der Waals surface area (Å²) in [5.74, 6) is 1.23. The summed E-state index contributed by atoms with van der Waals surface area (Å²) in [7, 11) is 0. The molecule has 0 radical (unpaired) electrons. The summed E-state index contributed by atoms with van der Waals surface area (Å²) in [6, 6.07) is 14.1.